The van der Waals surface area contributed by atoms with Crippen LogP contribution in [0.3, 0.4) is 0 Å². The Bertz CT molecular complexity index is 389. The molecule has 1 aromatic rings. The maximum Gasteiger partial charge on any atom is 0.331 e. The fourth-order valence-corrected chi connectivity index (χ4v) is 1.26. The van der Waals surface area contributed by atoms with E-state index in [1.54, 1.807) is 19.1 Å². The van der Waals surface area contributed by atoms with E-state index in [1.807, 2.05) is 0 Å². The van der Waals surface area contributed by atoms with E-state index < -0.39 is 17.8 Å². The maximum atomic E-state index is 11.7. The Morgan fingerprint density at radius 1 is 1.38 bits per heavy atom. The molecule has 16 heavy (non-hydrogen) atoms. The SMILES string of the molecule is CCOC(=O)C(N)C(=O)c1ccc(Cl)cc1. The molecule has 0 saturated heterocycles. The van der Waals surface area contributed by atoms with Gasteiger partial charge in [-0.3, -0.25) is 4.79 Å². The Morgan fingerprint density at radius 2 is 1.94 bits per heavy atom. The lowest BCUT2D eigenvalue weighted by Crippen LogP contribution is -2.40. The van der Waals surface area contributed by atoms with Crippen molar-refractivity contribution in [3.8, 4) is 0 Å². The quantitative estimate of drug-likeness (QED) is 0.492. The summed E-state index contributed by atoms with van der Waals surface area (Å²) >= 11 is 5.67. The third kappa shape index (κ3) is 3.05. The van der Waals surface area contributed by atoms with Crippen molar-refractivity contribution in [2.24, 2.45) is 5.73 Å². The minimum Gasteiger partial charge on any atom is -0.464 e. The van der Waals surface area contributed by atoms with Crippen molar-refractivity contribution in [1.29, 1.82) is 0 Å². The highest BCUT2D eigenvalue weighted by atomic mass is 35.5. The number of nitrogens with two attached hydrogens (primary N) is 1. The first kappa shape index (κ1) is 12.7. The van der Waals surface area contributed by atoms with Gasteiger partial charge in [0.05, 0.1) is 6.61 Å². The van der Waals surface area contributed by atoms with Gasteiger partial charge in [0.1, 0.15) is 0 Å². The Hall–Kier alpha value is -1.39. The van der Waals surface area contributed by atoms with Crippen molar-refractivity contribution >= 4 is 23.4 Å². The Morgan fingerprint density at radius 3 is 2.44 bits per heavy atom. The van der Waals surface area contributed by atoms with E-state index in [0.717, 1.165) is 0 Å². The highest BCUT2D eigenvalue weighted by Gasteiger charge is 2.24. The van der Waals surface area contributed by atoms with Gasteiger partial charge in [-0.15, -0.1) is 0 Å². The number of rotatable bonds is 4. The molecule has 2 N–H and O–H groups in total. The van der Waals surface area contributed by atoms with Gasteiger partial charge in [-0.05, 0) is 31.2 Å². The lowest BCUT2D eigenvalue weighted by Gasteiger charge is -2.09. The van der Waals surface area contributed by atoms with E-state index in [1.165, 1.54) is 12.1 Å². The molecule has 0 saturated carbocycles. The molecule has 1 rings (SSSR count). The number of esters is 1. The molecule has 0 amide bonds. The molecule has 5 heteroatoms. The highest BCUT2D eigenvalue weighted by molar-refractivity contribution is 6.30. The minimum absolute atomic E-state index is 0.195. The van der Waals surface area contributed by atoms with Crippen LogP contribution in [0.5, 0.6) is 0 Å². The van der Waals surface area contributed by atoms with Crippen molar-refractivity contribution in [2.75, 3.05) is 6.61 Å². The van der Waals surface area contributed by atoms with Crippen molar-refractivity contribution in [3.63, 3.8) is 0 Å². The molecule has 0 fully saturated rings. The molecular weight excluding hydrogens is 230 g/mol. The van der Waals surface area contributed by atoms with E-state index in [2.05, 4.69) is 4.74 Å². The molecule has 0 bridgehead atoms. The molecule has 1 atom stereocenters. The molecule has 0 aliphatic carbocycles. The van der Waals surface area contributed by atoms with Crippen LogP contribution in [0.4, 0.5) is 0 Å². The summed E-state index contributed by atoms with van der Waals surface area (Å²) in [6.45, 7) is 1.85. The zero-order valence-corrected chi connectivity index (χ0v) is 9.53. The van der Waals surface area contributed by atoms with Crippen LogP contribution in [0.15, 0.2) is 24.3 Å². The van der Waals surface area contributed by atoms with E-state index in [9.17, 15) is 9.59 Å². The van der Waals surface area contributed by atoms with Crippen LogP contribution < -0.4 is 5.73 Å². The van der Waals surface area contributed by atoms with Gasteiger partial charge in [0, 0.05) is 10.6 Å². The lowest BCUT2D eigenvalue weighted by molar-refractivity contribution is -0.143. The smallest absolute Gasteiger partial charge is 0.331 e. The first-order valence-electron chi connectivity index (χ1n) is 4.78. The van der Waals surface area contributed by atoms with E-state index in [4.69, 9.17) is 17.3 Å². The molecule has 1 unspecified atom stereocenters. The standard InChI is InChI=1S/C11H12ClNO3/c1-2-16-11(15)9(13)10(14)7-3-5-8(12)6-4-7/h3-6,9H,2,13H2,1H3. The fraction of sp³-hybridized carbons (Fsp3) is 0.273. The second kappa shape index (κ2) is 5.63. The fourth-order valence-electron chi connectivity index (χ4n) is 1.13. The summed E-state index contributed by atoms with van der Waals surface area (Å²) in [6.07, 6.45) is 0. The number of Topliss-reactive ketones (excluding diaryl/α,β-unsaturated/α-hetero) is 1. The van der Waals surface area contributed by atoms with E-state index in [-0.39, 0.29) is 6.61 Å². The van der Waals surface area contributed by atoms with Crippen LogP contribution in [0.2, 0.25) is 5.02 Å². The van der Waals surface area contributed by atoms with Crippen LogP contribution in [0.1, 0.15) is 17.3 Å². The number of hydrogen-bond acceptors (Lipinski definition) is 4. The van der Waals surface area contributed by atoms with Crippen LogP contribution in [0, 0.1) is 0 Å². The van der Waals surface area contributed by atoms with Gasteiger partial charge in [0.2, 0.25) is 0 Å². The van der Waals surface area contributed by atoms with Crippen molar-refractivity contribution < 1.29 is 14.3 Å². The maximum absolute atomic E-state index is 11.7. The molecule has 0 aliphatic heterocycles. The molecule has 0 aliphatic rings. The zero-order chi connectivity index (χ0) is 12.1. The van der Waals surface area contributed by atoms with Gasteiger partial charge in [-0.25, -0.2) is 4.79 Å². The Labute approximate surface area is 98.3 Å². The monoisotopic (exact) mass is 241 g/mol. The molecule has 0 spiro atoms. The van der Waals surface area contributed by atoms with Crippen molar-refractivity contribution in [3.05, 3.63) is 34.9 Å². The number of carbonyl (C=O) groups excluding carboxylic acids is 2. The summed E-state index contributed by atoms with van der Waals surface area (Å²) in [7, 11) is 0. The van der Waals surface area contributed by atoms with Gasteiger partial charge >= 0.3 is 5.97 Å². The summed E-state index contributed by atoms with van der Waals surface area (Å²) in [4.78, 5) is 22.9. The number of ketones is 1. The van der Waals surface area contributed by atoms with Crippen LogP contribution in [-0.4, -0.2) is 24.4 Å². The number of hydrogen-bond donors (Lipinski definition) is 1. The number of halogens is 1. The van der Waals surface area contributed by atoms with Gasteiger partial charge in [-0.2, -0.15) is 0 Å². The molecule has 0 aromatic heterocycles. The van der Waals surface area contributed by atoms with E-state index in [0.29, 0.717) is 10.6 Å². The third-order valence-corrected chi connectivity index (χ3v) is 2.20. The normalized spacial score (nSPS) is 11.9. The summed E-state index contributed by atoms with van der Waals surface area (Å²) in [5.41, 5.74) is 5.80. The average Bonchev–Trinajstić information content (AvgIpc) is 2.28. The minimum atomic E-state index is -1.28. The molecule has 1 aromatic carbocycles. The van der Waals surface area contributed by atoms with Crippen LogP contribution in [0.25, 0.3) is 0 Å². The van der Waals surface area contributed by atoms with Gasteiger partial charge in [0.15, 0.2) is 11.8 Å². The molecule has 0 radical (unpaired) electrons. The van der Waals surface area contributed by atoms with E-state index >= 15 is 0 Å². The van der Waals surface area contributed by atoms with Crippen molar-refractivity contribution in [2.45, 2.75) is 13.0 Å². The van der Waals surface area contributed by atoms with Gasteiger partial charge < -0.3 is 10.5 Å². The number of carbonyl (C=O) groups is 2. The third-order valence-electron chi connectivity index (χ3n) is 1.95. The summed E-state index contributed by atoms with van der Waals surface area (Å²) < 4.78 is 4.66. The molecule has 0 heterocycles. The second-order valence-corrected chi connectivity index (χ2v) is 3.54. The molecule has 86 valence electrons. The summed E-state index contributed by atoms with van der Waals surface area (Å²) in [6, 6.07) is 4.88. The predicted octanol–water partition coefficient (Wildman–Crippen LogP) is 1.41. The Balaban J connectivity index is 2.78. The largest absolute Gasteiger partial charge is 0.464 e. The average molecular weight is 242 g/mol. The van der Waals surface area contributed by atoms with Crippen molar-refractivity contribution in [1.82, 2.24) is 0 Å². The lowest BCUT2D eigenvalue weighted by atomic mass is 10.1. The first-order chi connectivity index (χ1) is 7.56. The van der Waals surface area contributed by atoms with Gasteiger partial charge in [0.25, 0.3) is 0 Å². The summed E-state index contributed by atoms with van der Waals surface area (Å²) in [5, 5.41) is 0.515. The topological polar surface area (TPSA) is 69.4 Å². The van der Waals surface area contributed by atoms with Gasteiger partial charge in [-0.1, -0.05) is 11.6 Å². The van der Waals surface area contributed by atoms with Crippen LogP contribution in [-0.2, 0) is 9.53 Å². The zero-order valence-electron chi connectivity index (χ0n) is 8.77. The predicted molar refractivity (Wildman–Crippen MR) is 60.4 cm³/mol. The second-order valence-electron chi connectivity index (χ2n) is 3.10. The Kier molecular flexibility index (Phi) is 4.46. The number of benzene rings is 1. The highest BCUT2D eigenvalue weighted by Crippen LogP contribution is 2.11. The molecular formula is C11H12ClNO3. The molecule has 4 nitrogen and oxygen atoms in total. The summed E-state index contributed by atoms with van der Waals surface area (Å²) in [5.74, 6) is -1.20. The number of ether oxygens (including phenoxy) is 1. The first-order valence-corrected chi connectivity index (χ1v) is 5.16. The van der Waals surface area contributed by atoms with Crippen LogP contribution >= 0.6 is 11.6 Å².